The molecule has 20 heavy (non-hydrogen) atoms. The lowest BCUT2D eigenvalue weighted by molar-refractivity contribution is 0.511. The van der Waals surface area contributed by atoms with Crippen molar-refractivity contribution in [2.45, 2.75) is 30.2 Å². The molecule has 0 fully saturated rings. The summed E-state index contributed by atoms with van der Waals surface area (Å²) in [6.07, 6.45) is 4.29. The fourth-order valence-corrected chi connectivity index (χ4v) is 5.12. The fourth-order valence-electron chi connectivity index (χ4n) is 2.43. The van der Waals surface area contributed by atoms with Crippen LogP contribution in [0.4, 0.5) is 0 Å². The van der Waals surface area contributed by atoms with E-state index in [-0.39, 0.29) is 16.1 Å². The highest BCUT2D eigenvalue weighted by atomic mass is 35.5. The van der Waals surface area contributed by atoms with Gasteiger partial charge in [-0.05, 0) is 48.4 Å². The van der Waals surface area contributed by atoms with Crippen LogP contribution in [-0.2, 0) is 16.4 Å². The van der Waals surface area contributed by atoms with E-state index >= 15 is 0 Å². The van der Waals surface area contributed by atoms with Gasteiger partial charge in [0.1, 0.15) is 10.0 Å². The molecule has 0 radical (unpaired) electrons. The molecule has 1 N–H and O–H groups in total. The third kappa shape index (κ3) is 2.61. The Morgan fingerprint density at radius 3 is 3.05 bits per heavy atom. The zero-order valence-electron chi connectivity index (χ0n) is 10.5. The van der Waals surface area contributed by atoms with E-state index in [2.05, 4.69) is 9.71 Å². The van der Waals surface area contributed by atoms with Crippen molar-refractivity contribution in [3.63, 3.8) is 0 Å². The molecule has 106 valence electrons. The van der Waals surface area contributed by atoms with Crippen LogP contribution in [0.5, 0.6) is 0 Å². The number of sulfonamides is 1. The topological polar surface area (TPSA) is 59.1 Å². The second-order valence-corrected chi connectivity index (χ2v) is 7.70. The zero-order valence-corrected chi connectivity index (χ0v) is 12.9. The van der Waals surface area contributed by atoms with Crippen LogP contribution in [0.1, 0.15) is 29.3 Å². The first-order valence-corrected chi connectivity index (χ1v) is 9.01. The lowest BCUT2D eigenvalue weighted by Crippen LogP contribution is -2.30. The number of fused-ring (bicyclic) bond motifs is 1. The Labute approximate surface area is 126 Å². The lowest BCUT2D eigenvalue weighted by atomic mass is 9.95. The Balaban J connectivity index is 1.91. The summed E-state index contributed by atoms with van der Waals surface area (Å²) in [5, 5.41) is 2.01. The second-order valence-electron chi connectivity index (χ2n) is 4.66. The van der Waals surface area contributed by atoms with Gasteiger partial charge in [0.2, 0.25) is 10.0 Å². The molecule has 2 aromatic rings. The molecular formula is C13H13ClN2O2S2. The molecule has 0 aromatic carbocycles. The van der Waals surface area contributed by atoms with Gasteiger partial charge in [-0.3, -0.25) is 0 Å². The Bertz CT molecular complexity index is 727. The third-order valence-electron chi connectivity index (χ3n) is 3.36. The number of hydrogen-bond donors (Lipinski definition) is 1. The van der Waals surface area contributed by atoms with Crippen molar-refractivity contribution in [2.24, 2.45) is 0 Å². The van der Waals surface area contributed by atoms with Crippen LogP contribution in [-0.4, -0.2) is 13.4 Å². The maximum absolute atomic E-state index is 12.4. The number of nitrogens with one attached hydrogen (secondary N) is 1. The van der Waals surface area contributed by atoms with E-state index in [4.69, 9.17) is 11.6 Å². The van der Waals surface area contributed by atoms with Crippen LogP contribution in [0, 0.1) is 0 Å². The summed E-state index contributed by atoms with van der Waals surface area (Å²) in [6, 6.07) is 4.86. The first-order valence-electron chi connectivity index (χ1n) is 6.27. The van der Waals surface area contributed by atoms with Gasteiger partial charge < -0.3 is 0 Å². The average Bonchev–Trinajstić information content (AvgIpc) is 2.88. The molecule has 3 rings (SSSR count). The van der Waals surface area contributed by atoms with Crippen LogP contribution in [0.2, 0.25) is 5.15 Å². The van der Waals surface area contributed by atoms with Crippen LogP contribution in [0.25, 0.3) is 0 Å². The Morgan fingerprint density at radius 1 is 1.40 bits per heavy atom. The molecule has 2 aromatic heterocycles. The summed E-state index contributed by atoms with van der Waals surface area (Å²) in [5.41, 5.74) is 1.09. The number of rotatable bonds is 3. The third-order valence-corrected chi connectivity index (χ3v) is 6.28. The van der Waals surface area contributed by atoms with E-state index in [0.717, 1.165) is 24.8 Å². The Kier molecular flexibility index (Phi) is 3.81. The van der Waals surface area contributed by atoms with Gasteiger partial charge in [0.15, 0.2) is 0 Å². The van der Waals surface area contributed by atoms with Gasteiger partial charge in [-0.25, -0.2) is 18.1 Å². The molecule has 1 unspecified atom stereocenters. The Hall–Kier alpha value is -0.950. The SMILES string of the molecule is O=S(=O)(NC1CCCc2sccc21)c1cccnc1Cl. The predicted molar refractivity (Wildman–Crippen MR) is 79.6 cm³/mol. The molecule has 0 saturated carbocycles. The van der Waals surface area contributed by atoms with Crippen LogP contribution in [0.15, 0.2) is 34.7 Å². The molecule has 0 saturated heterocycles. The van der Waals surface area contributed by atoms with Crippen molar-refractivity contribution >= 4 is 33.0 Å². The van der Waals surface area contributed by atoms with E-state index in [9.17, 15) is 8.42 Å². The van der Waals surface area contributed by atoms with Gasteiger partial charge >= 0.3 is 0 Å². The van der Waals surface area contributed by atoms with E-state index < -0.39 is 10.0 Å². The molecule has 0 amide bonds. The van der Waals surface area contributed by atoms with Crippen LogP contribution < -0.4 is 4.72 Å². The summed E-state index contributed by atoms with van der Waals surface area (Å²) >= 11 is 7.56. The first-order chi connectivity index (χ1) is 9.58. The van der Waals surface area contributed by atoms with Crippen molar-refractivity contribution < 1.29 is 8.42 Å². The number of hydrogen-bond acceptors (Lipinski definition) is 4. The highest BCUT2D eigenvalue weighted by Crippen LogP contribution is 2.34. The number of halogens is 1. The molecule has 7 heteroatoms. The maximum Gasteiger partial charge on any atom is 0.244 e. The minimum Gasteiger partial charge on any atom is -0.243 e. The van der Waals surface area contributed by atoms with Crippen LogP contribution >= 0.6 is 22.9 Å². The summed E-state index contributed by atoms with van der Waals surface area (Å²) in [7, 11) is -3.65. The van der Waals surface area contributed by atoms with E-state index in [1.807, 2.05) is 11.4 Å². The van der Waals surface area contributed by atoms with Gasteiger partial charge in [-0.1, -0.05) is 11.6 Å². The summed E-state index contributed by atoms with van der Waals surface area (Å²) in [6.45, 7) is 0. The minimum atomic E-state index is -3.65. The molecule has 2 heterocycles. The van der Waals surface area contributed by atoms with Crippen molar-refractivity contribution in [1.29, 1.82) is 0 Å². The molecule has 4 nitrogen and oxygen atoms in total. The van der Waals surface area contributed by atoms with Gasteiger partial charge in [0, 0.05) is 17.1 Å². The van der Waals surface area contributed by atoms with Gasteiger partial charge in [-0.2, -0.15) is 0 Å². The quantitative estimate of drug-likeness (QED) is 0.880. The van der Waals surface area contributed by atoms with Crippen molar-refractivity contribution in [2.75, 3.05) is 0 Å². The number of aryl methyl sites for hydroxylation is 1. The lowest BCUT2D eigenvalue weighted by Gasteiger charge is -2.23. The number of thiophene rings is 1. The number of aromatic nitrogens is 1. The molecule has 1 atom stereocenters. The Morgan fingerprint density at radius 2 is 2.25 bits per heavy atom. The highest BCUT2D eigenvalue weighted by Gasteiger charge is 2.27. The fraction of sp³-hybridized carbons (Fsp3) is 0.308. The maximum atomic E-state index is 12.4. The molecule has 0 bridgehead atoms. The van der Waals surface area contributed by atoms with Crippen molar-refractivity contribution in [3.8, 4) is 0 Å². The first kappa shape index (κ1) is 14.0. The van der Waals surface area contributed by atoms with Gasteiger partial charge in [0.25, 0.3) is 0 Å². The van der Waals surface area contributed by atoms with Crippen LogP contribution in [0.3, 0.4) is 0 Å². The minimum absolute atomic E-state index is 0.00125. The second kappa shape index (κ2) is 5.44. The normalized spacial score (nSPS) is 18.8. The van der Waals surface area contributed by atoms with Gasteiger partial charge in [-0.15, -0.1) is 11.3 Å². The molecule has 1 aliphatic rings. The average molecular weight is 329 g/mol. The number of nitrogens with zero attached hydrogens (tertiary/aromatic N) is 1. The smallest absolute Gasteiger partial charge is 0.243 e. The summed E-state index contributed by atoms with van der Waals surface area (Å²) in [4.78, 5) is 5.12. The monoisotopic (exact) mass is 328 g/mol. The summed E-state index contributed by atoms with van der Waals surface area (Å²) in [5.74, 6) is 0. The van der Waals surface area contributed by atoms with E-state index in [1.54, 1.807) is 17.4 Å². The molecular weight excluding hydrogens is 316 g/mol. The number of pyridine rings is 1. The zero-order chi connectivity index (χ0) is 14.2. The molecule has 1 aliphatic carbocycles. The van der Waals surface area contributed by atoms with E-state index in [1.165, 1.54) is 17.1 Å². The highest BCUT2D eigenvalue weighted by molar-refractivity contribution is 7.89. The summed E-state index contributed by atoms with van der Waals surface area (Å²) < 4.78 is 27.6. The van der Waals surface area contributed by atoms with E-state index in [0.29, 0.717) is 0 Å². The van der Waals surface area contributed by atoms with Gasteiger partial charge in [0.05, 0.1) is 0 Å². The largest absolute Gasteiger partial charge is 0.244 e. The van der Waals surface area contributed by atoms with Crippen molar-refractivity contribution in [1.82, 2.24) is 9.71 Å². The predicted octanol–water partition coefficient (Wildman–Crippen LogP) is 3.15. The van der Waals surface area contributed by atoms with Crippen molar-refractivity contribution in [3.05, 3.63) is 45.4 Å². The molecule has 0 aliphatic heterocycles. The molecule has 0 spiro atoms. The standard InChI is InChI=1S/C13H13ClN2O2S2/c14-13-12(5-2-7-15-13)20(17,18)16-10-3-1-4-11-9(10)6-8-19-11/h2,5-8,10,16H,1,3-4H2.